The van der Waals surface area contributed by atoms with Crippen LogP contribution >= 0.6 is 23.2 Å². The van der Waals surface area contributed by atoms with Gasteiger partial charge in [-0.3, -0.25) is 14.2 Å². The molecule has 3 heterocycles. The van der Waals surface area contributed by atoms with Gasteiger partial charge in [-0.15, -0.1) is 0 Å². The standard InChI is InChI=1S/C28H26Cl2N6O5S/c1-3-25(37)41-9-8-34-42(39,40)24-16-33-27-35(23-11-21(29)10-22(30)12-23)26(38)28(2,36(24)27)13-18-4-6-19(7-5-18)20-14-31-17-32-15-20/h4-7,10-12,14-17,34H,3,8-9,13H2,1-2H3. The molecule has 0 saturated heterocycles. The topological polar surface area (TPSA) is 136 Å². The first kappa shape index (κ1) is 29.6. The largest absolute Gasteiger partial charge is 0.464 e. The SMILES string of the molecule is CCC(=O)OCCNS(=O)(=O)c1cnc2n1C(C)(Cc1ccc(-c3cncnc3)cc1)C(=O)N2c1cc(Cl)cc(Cl)c1. The highest BCUT2D eigenvalue weighted by molar-refractivity contribution is 7.89. The van der Waals surface area contributed by atoms with Gasteiger partial charge in [-0.05, 0) is 36.2 Å². The first-order valence-electron chi connectivity index (χ1n) is 12.9. The summed E-state index contributed by atoms with van der Waals surface area (Å²) in [5.41, 5.74) is 1.43. The molecule has 5 rings (SSSR count). The molecular formula is C28H26Cl2N6O5S. The van der Waals surface area contributed by atoms with E-state index >= 15 is 0 Å². The van der Waals surface area contributed by atoms with Crippen molar-refractivity contribution in [3.05, 3.63) is 83.0 Å². The van der Waals surface area contributed by atoms with Crippen molar-refractivity contribution in [2.75, 3.05) is 18.1 Å². The molecule has 0 aliphatic carbocycles. The number of hydrogen-bond acceptors (Lipinski definition) is 8. The Hall–Kier alpha value is -3.84. The zero-order valence-corrected chi connectivity index (χ0v) is 24.9. The van der Waals surface area contributed by atoms with Crippen molar-refractivity contribution in [1.29, 1.82) is 0 Å². The fourth-order valence-electron chi connectivity index (χ4n) is 4.80. The van der Waals surface area contributed by atoms with Gasteiger partial charge in [0.1, 0.15) is 18.5 Å². The maximum atomic E-state index is 14.2. The summed E-state index contributed by atoms with van der Waals surface area (Å²) >= 11 is 12.5. The predicted molar refractivity (Wildman–Crippen MR) is 157 cm³/mol. The van der Waals surface area contributed by atoms with Crippen LogP contribution in [0.2, 0.25) is 10.0 Å². The number of rotatable bonds is 10. The molecule has 218 valence electrons. The molecular weight excluding hydrogens is 603 g/mol. The number of sulfonamides is 1. The smallest absolute Gasteiger partial charge is 0.305 e. The number of carbonyl (C=O) groups is 2. The number of carbonyl (C=O) groups excluding carboxylic acids is 2. The third-order valence-corrected chi connectivity index (χ3v) is 8.65. The van der Waals surface area contributed by atoms with Crippen molar-refractivity contribution in [1.82, 2.24) is 24.2 Å². The first-order chi connectivity index (χ1) is 20.0. The summed E-state index contributed by atoms with van der Waals surface area (Å²) in [6.07, 6.45) is 6.35. The van der Waals surface area contributed by atoms with Crippen molar-refractivity contribution < 1.29 is 22.7 Å². The molecule has 1 atom stereocenters. The molecule has 1 N–H and O–H groups in total. The summed E-state index contributed by atoms with van der Waals surface area (Å²) in [5, 5.41) is 0.381. The molecule has 2 aromatic heterocycles. The molecule has 0 saturated carbocycles. The molecule has 1 aliphatic rings. The highest BCUT2D eigenvalue weighted by Crippen LogP contribution is 2.44. The van der Waals surface area contributed by atoms with E-state index in [1.54, 1.807) is 38.4 Å². The van der Waals surface area contributed by atoms with Crippen LogP contribution in [0.4, 0.5) is 11.6 Å². The molecule has 2 aromatic carbocycles. The summed E-state index contributed by atoms with van der Waals surface area (Å²) in [6, 6.07) is 12.1. The Labute approximate surface area is 252 Å². The molecule has 42 heavy (non-hydrogen) atoms. The van der Waals surface area contributed by atoms with Crippen molar-refractivity contribution in [2.45, 2.75) is 37.3 Å². The van der Waals surface area contributed by atoms with Gasteiger partial charge in [-0.2, -0.15) is 0 Å². The third kappa shape index (κ3) is 5.75. The molecule has 0 spiro atoms. The van der Waals surface area contributed by atoms with E-state index in [2.05, 4.69) is 19.7 Å². The van der Waals surface area contributed by atoms with Crippen LogP contribution in [0.15, 0.2) is 72.4 Å². The lowest BCUT2D eigenvalue weighted by molar-refractivity contribution is -0.143. The number of nitrogens with zero attached hydrogens (tertiary/aromatic N) is 5. The number of ether oxygens (including phenoxy) is 1. The lowest BCUT2D eigenvalue weighted by atomic mass is 9.91. The van der Waals surface area contributed by atoms with Gasteiger partial charge in [0.15, 0.2) is 5.03 Å². The van der Waals surface area contributed by atoms with Gasteiger partial charge in [0.2, 0.25) is 5.95 Å². The zero-order valence-electron chi connectivity index (χ0n) is 22.6. The van der Waals surface area contributed by atoms with E-state index in [0.29, 0.717) is 15.7 Å². The van der Waals surface area contributed by atoms with E-state index in [-0.39, 0.29) is 37.0 Å². The van der Waals surface area contributed by atoms with Gasteiger partial charge in [0.25, 0.3) is 15.9 Å². The van der Waals surface area contributed by atoms with E-state index < -0.39 is 27.4 Å². The van der Waals surface area contributed by atoms with Crippen LogP contribution in [0.25, 0.3) is 11.1 Å². The van der Waals surface area contributed by atoms with E-state index in [1.165, 1.54) is 28.1 Å². The maximum absolute atomic E-state index is 14.2. The molecule has 1 amide bonds. The van der Waals surface area contributed by atoms with E-state index in [1.807, 2.05) is 24.3 Å². The number of nitrogens with one attached hydrogen (secondary N) is 1. The second-order valence-corrected chi connectivity index (χ2v) is 12.3. The van der Waals surface area contributed by atoms with Crippen molar-refractivity contribution in [3.63, 3.8) is 0 Å². The number of hydrogen-bond donors (Lipinski definition) is 1. The number of anilines is 2. The normalized spacial score (nSPS) is 16.5. The van der Waals surface area contributed by atoms with Gasteiger partial charge in [0.05, 0.1) is 11.9 Å². The quantitative estimate of drug-likeness (QED) is 0.200. The van der Waals surface area contributed by atoms with E-state index in [9.17, 15) is 18.0 Å². The monoisotopic (exact) mass is 628 g/mol. The Morgan fingerprint density at radius 2 is 1.69 bits per heavy atom. The molecule has 1 aliphatic heterocycles. The number of benzene rings is 2. The summed E-state index contributed by atoms with van der Waals surface area (Å²) in [6.45, 7) is 3.00. The fraction of sp³-hybridized carbons (Fsp3) is 0.250. The molecule has 0 fully saturated rings. The van der Waals surface area contributed by atoms with Crippen molar-refractivity contribution in [2.24, 2.45) is 0 Å². The van der Waals surface area contributed by atoms with Crippen LogP contribution in [0, 0.1) is 0 Å². The van der Waals surface area contributed by atoms with Crippen molar-refractivity contribution >= 4 is 56.7 Å². The van der Waals surface area contributed by atoms with Crippen LogP contribution in [0.5, 0.6) is 0 Å². The van der Waals surface area contributed by atoms with Crippen LogP contribution < -0.4 is 9.62 Å². The lowest BCUT2D eigenvalue weighted by Crippen LogP contribution is -2.42. The second kappa shape index (κ2) is 11.8. The Bertz CT molecular complexity index is 1730. The van der Waals surface area contributed by atoms with E-state index in [4.69, 9.17) is 27.9 Å². The Morgan fingerprint density at radius 3 is 2.33 bits per heavy atom. The number of esters is 1. The van der Waals surface area contributed by atoms with Gasteiger partial charge in [0, 0.05) is 47.4 Å². The van der Waals surface area contributed by atoms with Gasteiger partial charge in [-0.1, -0.05) is 54.4 Å². The van der Waals surface area contributed by atoms with Crippen molar-refractivity contribution in [3.8, 4) is 11.1 Å². The number of fused-ring (bicyclic) bond motifs is 1. The predicted octanol–water partition coefficient (Wildman–Crippen LogP) is 4.51. The average molecular weight is 630 g/mol. The molecule has 0 radical (unpaired) electrons. The van der Waals surface area contributed by atoms with Gasteiger partial charge >= 0.3 is 5.97 Å². The number of imidazole rings is 1. The number of amides is 1. The van der Waals surface area contributed by atoms with Gasteiger partial charge in [-0.25, -0.2) is 33.0 Å². The molecule has 4 aromatic rings. The molecule has 1 unspecified atom stereocenters. The van der Waals surface area contributed by atoms with Crippen LogP contribution in [0.1, 0.15) is 25.8 Å². The molecule has 11 nitrogen and oxygen atoms in total. The lowest BCUT2D eigenvalue weighted by Gasteiger charge is -2.27. The second-order valence-electron chi connectivity index (χ2n) is 9.75. The zero-order chi connectivity index (χ0) is 30.1. The minimum atomic E-state index is -4.18. The minimum absolute atomic E-state index is 0.0941. The molecule has 0 bridgehead atoms. The van der Waals surface area contributed by atoms with Crippen LogP contribution in [0.3, 0.4) is 0 Å². The summed E-state index contributed by atoms with van der Waals surface area (Å²) < 4.78 is 35.8. The van der Waals surface area contributed by atoms with Gasteiger partial charge < -0.3 is 4.74 Å². The van der Waals surface area contributed by atoms with E-state index in [0.717, 1.165) is 16.7 Å². The summed E-state index contributed by atoms with van der Waals surface area (Å²) in [7, 11) is -4.18. The maximum Gasteiger partial charge on any atom is 0.305 e. The first-order valence-corrected chi connectivity index (χ1v) is 15.2. The Morgan fingerprint density at radius 1 is 1.02 bits per heavy atom. The molecule has 14 heteroatoms. The number of halogens is 2. The Kier molecular flexibility index (Phi) is 8.33. The Balaban J connectivity index is 1.53. The third-order valence-electron chi connectivity index (χ3n) is 6.79. The van der Waals surface area contributed by atoms with Crippen LogP contribution in [-0.4, -0.2) is 53.0 Å². The fourth-order valence-corrected chi connectivity index (χ4v) is 6.53. The summed E-state index contributed by atoms with van der Waals surface area (Å²) in [5.74, 6) is -0.770. The average Bonchev–Trinajstić information content (AvgIpc) is 3.49. The highest BCUT2D eigenvalue weighted by Gasteiger charge is 2.51. The minimum Gasteiger partial charge on any atom is -0.464 e. The van der Waals surface area contributed by atoms with Crippen LogP contribution in [-0.2, 0) is 36.3 Å². The number of aromatic nitrogens is 4. The summed E-state index contributed by atoms with van der Waals surface area (Å²) in [4.78, 5) is 39.4. The highest BCUT2D eigenvalue weighted by atomic mass is 35.5.